The third-order valence-corrected chi connectivity index (χ3v) is 6.41. The minimum absolute atomic E-state index is 0.0113. The topological polar surface area (TPSA) is 129 Å². The molecule has 1 aliphatic carbocycles. The predicted molar refractivity (Wildman–Crippen MR) is 137 cm³/mol. The number of nitriles is 2. The number of allylic oxidation sites excluding steroid dienone is 2. The van der Waals surface area contributed by atoms with Gasteiger partial charge < -0.3 is 15.6 Å². The average molecular weight is 486 g/mol. The number of aliphatic hydroxyl groups excluding tert-OH is 1. The Labute approximate surface area is 209 Å². The van der Waals surface area contributed by atoms with Crippen LogP contribution in [0.25, 0.3) is 11.1 Å². The van der Waals surface area contributed by atoms with Crippen LogP contribution < -0.4 is 10.5 Å². The molecular weight excluding hydrogens is 458 g/mol. The molecule has 1 aliphatic rings. The number of aromatic nitrogens is 2. The average Bonchev–Trinajstić information content (AvgIpc) is 2.87. The molecule has 3 aromatic rings. The summed E-state index contributed by atoms with van der Waals surface area (Å²) in [6.07, 6.45) is 8.42. The Balaban J connectivity index is 0.000000795. The van der Waals surface area contributed by atoms with Crippen LogP contribution in [0.5, 0.6) is 5.75 Å². The van der Waals surface area contributed by atoms with Crippen LogP contribution in [0.1, 0.15) is 43.4 Å². The molecule has 0 atom stereocenters. The Kier molecular flexibility index (Phi) is 9.25. The van der Waals surface area contributed by atoms with Gasteiger partial charge in [-0.3, -0.25) is 4.98 Å². The fourth-order valence-corrected chi connectivity index (χ4v) is 4.28. The van der Waals surface area contributed by atoms with E-state index in [2.05, 4.69) is 22.1 Å². The fraction of sp³-hybridized carbons (Fsp3) is 0.259. The van der Waals surface area contributed by atoms with Gasteiger partial charge in [-0.2, -0.15) is 10.5 Å². The molecule has 7 nitrogen and oxygen atoms in total. The molecular formula is C27H27N5O2S. The summed E-state index contributed by atoms with van der Waals surface area (Å²) in [7, 11) is 0. The van der Waals surface area contributed by atoms with Gasteiger partial charge in [-0.1, -0.05) is 30.4 Å². The van der Waals surface area contributed by atoms with Gasteiger partial charge in [0.2, 0.25) is 0 Å². The summed E-state index contributed by atoms with van der Waals surface area (Å²) in [5.74, 6) is 1.33. The van der Waals surface area contributed by atoms with Gasteiger partial charge in [0, 0.05) is 36.6 Å². The van der Waals surface area contributed by atoms with Crippen LogP contribution in [0.2, 0.25) is 0 Å². The van der Waals surface area contributed by atoms with Crippen molar-refractivity contribution in [2.75, 3.05) is 5.73 Å². The standard InChI is InChI=1S/C23H19N5O2S.C4H8/c24-10-19-21(15-3-5-17(6-4-15)30-18-8-16(29)9-18)20(11-25)23(28-22(19)26)31-13-14-2-1-7-27-12-14;1-3-4-2/h1-7,12,16,18,29H,8-9,13H2,(H2,26,28);3-4H,1-2H3/b;4-3-. The zero-order valence-electron chi connectivity index (χ0n) is 19.7. The van der Waals surface area contributed by atoms with Crippen molar-refractivity contribution in [3.63, 3.8) is 0 Å². The second-order valence-electron chi connectivity index (χ2n) is 7.86. The maximum Gasteiger partial charge on any atom is 0.143 e. The molecule has 2 heterocycles. The Morgan fingerprint density at radius 1 is 1.11 bits per heavy atom. The van der Waals surface area contributed by atoms with E-state index in [1.165, 1.54) is 11.8 Å². The number of benzene rings is 1. The number of hydrogen-bond donors (Lipinski definition) is 2. The van der Waals surface area contributed by atoms with Gasteiger partial charge in [0.1, 0.15) is 40.4 Å². The molecule has 4 rings (SSSR count). The van der Waals surface area contributed by atoms with E-state index in [9.17, 15) is 15.6 Å². The lowest BCUT2D eigenvalue weighted by atomic mass is 9.92. The number of ether oxygens (including phenoxy) is 1. The quantitative estimate of drug-likeness (QED) is 0.358. The van der Waals surface area contributed by atoms with Crippen LogP contribution in [-0.2, 0) is 5.75 Å². The van der Waals surface area contributed by atoms with Gasteiger partial charge in [-0.15, -0.1) is 11.8 Å². The minimum atomic E-state index is -0.289. The highest BCUT2D eigenvalue weighted by Gasteiger charge is 2.29. The van der Waals surface area contributed by atoms with Crippen molar-refractivity contribution in [2.45, 2.75) is 49.7 Å². The summed E-state index contributed by atoms with van der Waals surface area (Å²) in [6, 6.07) is 15.3. The normalized spacial score (nSPS) is 16.4. The first-order chi connectivity index (χ1) is 17.0. The minimum Gasteiger partial charge on any atom is -0.490 e. The third kappa shape index (κ3) is 6.60. The highest BCUT2D eigenvalue weighted by molar-refractivity contribution is 7.98. The van der Waals surface area contributed by atoms with Gasteiger partial charge in [0.05, 0.1) is 11.7 Å². The Bertz CT molecular complexity index is 1240. The summed E-state index contributed by atoms with van der Waals surface area (Å²) < 4.78 is 5.82. The first-order valence-corrected chi connectivity index (χ1v) is 12.2. The van der Waals surface area contributed by atoms with Crippen molar-refractivity contribution in [1.29, 1.82) is 10.5 Å². The number of anilines is 1. The molecule has 1 saturated carbocycles. The van der Waals surface area contributed by atoms with E-state index in [0.717, 1.165) is 5.56 Å². The highest BCUT2D eigenvalue weighted by atomic mass is 32.2. The summed E-state index contributed by atoms with van der Waals surface area (Å²) in [4.78, 5) is 8.43. The van der Waals surface area contributed by atoms with Crippen molar-refractivity contribution in [2.24, 2.45) is 0 Å². The highest BCUT2D eigenvalue weighted by Crippen LogP contribution is 2.37. The van der Waals surface area contributed by atoms with Crippen LogP contribution in [0, 0.1) is 22.7 Å². The lowest BCUT2D eigenvalue weighted by Gasteiger charge is -2.31. The van der Waals surface area contributed by atoms with E-state index in [1.807, 2.05) is 38.1 Å². The first-order valence-electron chi connectivity index (χ1n) is 11.2. The maximum absolute atomic E-state index is 9.89. The molecule has 0 amide bonds. The summed E-state index contributed by atoms with van der Waals surface area (Å²) in [5, 5.41) is 29.4. The number of thioether (sulfide) groups is 1. The van der Waals surface area contributed by atoms with E-state index in [0.29, 0.717) is 46.1 Å². The van der Waals surface area contributed by atoms with Crippen molar-refractivity contribution in [3.05, 3.63) is 77.6 Å². The number of aliphatic hydroxyl groups is 1. The molecule has 0 radical (unpaired) electrons. The van der Waals surface area contributed by atoms with Crippen LogP contribution in [0.4, 0.5) is 5.82 Å². The van der Waals surface area contributed by atoms with E-state index in [1.54, 1.807) is 36.7 Å². The van der Waals surface area contributed by atoms with Crippen LogP contribution >= 0.6 is 11.8 Å². The number of nitrogens with two attached hydrogens (primary N) is 1. The molecule has 8 heteroatoms. The van der Waals surface area contributed by atoms with Gasteiger partial charge in [0.25, 0.3) is 0 Å². The lowest BCUT2D eigenvalue weighted by Crippen LogP contribution is -2.37. The molecule has 3 N–H and O–H groups in total. The Morgan fingerprint density at radius 3 is 2.34 bits per heavy atom. The summed E-state index contributed by atoms with van der Waals surface area (Å²) in [5.41, 5.74) is 8.72. The largest absolute Gasteiger partial charge is 0.490 e. The smallest absolute Gasteiger partial charge is 0.143 e. The van der Waals surface area contributed by atoms with Crippen LogP contribution in [0.3, 0.4) is 0 Å². The summed E-state index contributed by atoms with van der Waals surface area (Å²) >= 11 is 1.38. The van der Waals surface area contributed by atoms with Gasteiger partial charge in [-0.25, -0.2) is 4.98 Å². The first kappa shape index (κ1) is 25.8. The van der Waals surface area contributed by atoms with Crippen molar-refractivity contribution >= 4 is 17.6 Å². The van der Waals surface area contributed by atoms with E-state index < -0.39 is 0 Å². The molecule has 2 aromatic heterocycles. The number of nitrogens with zero attached hydrogens (tertiary/aromatic N) is 4. The monoisotopic (exact) mass is 485 g/mol. The van der Waals surface area contributed by atoms with Gasteiger partial charge in [0.15, 0.2) is 0 Å². The van der Waals surface area contributed by atoms with E-state index in [-0.39, 0.29) is 23.6 Å². The molecule has 1 aromatic carbocycles. The molecule has 1 fully saturated rings. The number of pyridine rings is 2. The number of rotatable bonds is 6. The second kappa shape index (κ2) is 12.6. The van der Waals surface area contributed by atoms with E-state index >= 15 is 0 Å². The molecule has 0 saturated heterocycles. The molecule has 0 spiro atoms. The Hall–Kier alpha value is -3.85. The zero-order valence-corrected chi connectivity index (χ0v) is 20.5. The van der Waals surface area contributed by atoms with Crippen LogP contribution in [-0.4, -0.2) is 27.3 Å². The molecule has 35 heavy (non-hydrogen) atoms. The molecule has 0 unspecified atom stereocenters. The third-order valence-electron chi connectivity index (χ3n) is 5.36. The fourth-order valence-electron chi connectivity index (χ4n) is 3.35. The van der Waals surface area contributed by atoms with Crippen molar-refractivity contribution in [1.82, 2.24) is 9.97 Å². The number of nitrogen functional groups attached to an aromatic ring is 1. The van der Waals surface area contributed by atoms with Gasteiger partial charge in [-0.05, 0) is 43.2 Å². The second-order valence-corrected chi connectivity index (χ2v) is 8.82. The predicted octanol–water partition coefficient (Wildman–Crippen LogP) is 5.25. The van der Waals surface area contributed by atoms with E-state index in [4.69, 9.17) is 10.5 Å². The maximum atomic E-state index is 9.89. The Morgan fingerprint density at radius 2 is 1.80 bits per heavy atom. The van der Waals surface area contributed by atoms with Crippen LogP contribution in [0.15, 0.2) is 66.0 Å². The molecule has 0 bridgehead atoms. The van der Waals surface area contributed by atoms with Crippen molar-refractivity contribution in [3.8, 4) is 29.0 Å². The molecule has 0 aliphatic heterocycles. The lowest BCUT2D eigenvalue weighted by molar-refractivity contribution is -0.0107. The summed E-state index contributed by atoms with van der Waals surface area (Å²) in [6.45, 7) is 4.00. The van der Waals surface area contributed by atoms with Crippen molar-refractivity contribution < 1.29 is 9.84 Å². The van der Waals surface area contributed by atoms with Gasteiger partial charge >= 0.3 is 0 Å². The molecule has 178 valence electrons. The SMILES string of the molecule is C/C=C\C.N#Cc1c(N)nc(SCc2cccnc2)c(C#N)c1-c1ccc(OC2CC(O)C2)cc1. The zero-order chi connectivity index (χ0) is 25.2. The number of hydrogen-bond acceptors (Lipinski definition) is 8.